The van der Waals surface area contributed by atoms with E-state index in [0.29, 0.717) is 44.0 Å². The number of nitro benzene ring substituents is 1. The molecule has 4 rings (SSSR count). The molecule has 1 aromatic carbocycles. The SMILES string of the molecule is Cn1cc(C(=O)NC2CCN(CC(=O)N3CCN(c4ccccc4[N+](=O)[O-])CC3)CC2)cn1. The van der Waals surface area contributed by atoms with E-state index in [2.05, 4.69) is 15.3 Å². The van der Waals surface area contributed by atoms with E-state index in [1.807, 2.05) is 9.80 Å². The van der Waals surface area contributed by atoms with Crippen LogP contribution in [-0.2, 0) is 11.8 Å². The fourth-order valence-corrected chi connectivity index (χ4v) is 4.42. The number of nitrogens with one attached hydrogen (secondary N) is 1. The number of para-hydroxylation sites is 2. The molecule has 2 aliphatic heterocycles. The van der Waals surface area contributed by atoms with Crippen molar-refractivity contribution in [2.45, 2.75) is 18.9 Å². The highest BCUT2D eigenvalue weighted by Crippen LogP contribution is 2.28. The van der Waals surface area contributed by atoms with Crippen molar-refractivity contribution in [1.82, 2.24) is 24.9 Å². The Kier molecular flexibility index (Phi) is 6.87. The van der Waals surface area contributed by atoms with Gasteiger partial charge in [0.1, 0.15) is 5.69 Å². The van der Waals surface area contributed by atoms with Crippen LogP contribution in [0.1, 0.15) is 23.2 Å². The van der Waals surface area contributed by atoms with Gasteiger partial charge in [-0.15, -0.1) is 0 Å². The third-order valence-corrected chi connectivity index (χ3v) is 6.30. The third-order valence-electron chi connectivity index (χ3n) is 6.30. The maximum atomic E-state index is 12.8. The molecule has 0 spiro atoms. The highest BCUT2D eigenvalue weighted by Gasteiger charge is 2.28. The Labute approximate surface area is 192 Å². The number of likely N-dealkylation sites (tertiary alicyclic amines) is 1. The smallest absolute Gasteiger partial charge is 0.292 e. The van der Waals surface area contributed by atoms with Crippen molar-refractivity contribution in [2.24, 2.45) is 7.05 Å². The molecule has 2 fully saturated rings. The van der Waals surface area contributed by atoms with Crippen molar-refractivity contribution in [3.63, 3.8) is 0 Å². The molecule has 0 aliphatic carbocycles. The van der Waals surface area contributed by atoms with Crippen LogP contribution in [0, 0.1) is 10.1 Å². The Morgan fingerprint density at radius 1 is 1.12 bits per heavy atom. The lowest BCUT2D eigenvalue weighted by Crippen LogP contribution is -2.53. The van der Waals surface area contributed by atoms with E-state index >= 15 is 0 Å². The molecule has 0 saturated carbocycles. The van der Waals surface area contributed by atoms with Gasteiger partial charge >= 0.3 is 0 Å². The summed E-state index contributed by atoms with van der Waals surface area (Å²) in [5, 5.41) is 18.4. The maximum Gasteiger partial charge on any atom is 0.292 e. The Morgan fingerprint density at radius 2 is 1.82 bits per heavy atom. The zero-order valence-corrected chi connectivity index (χ0v) is 18.7. The molecule has 2 aliphatic rings. The van der Waals surface area contributed by atoms with Crippen molar-refractivity contribution in [1.29, 1.82) is 0 Å². The lowest BCUT2D eigenvalue weighted by Gasteiger charge is -2.37. The summed E-state index contributed by atoms with van der Waals surface area (Å²) in [5.74, 6) is -0.0378. The lowest BCUT2D eigenvalue weighted by atomic mass is 10.0. The van der Waals surface area contributed by atoms with Crippen LogP contribution in [-0.4, -0.2) is 88.2 Å². The highest BCUT2D eigenvalue weighted by atomic mass is 16.6. The number of carbonyl (C=O) groups excluding carboxylic acids is 2. The number of carbonyl (C=O) groups is 2. The standard InChI is InChI=1S/C22H29N7O4/c1-25-15-17(14-23-25)22(31)24-18-6-8-26(9-7-18)16-21(30)28-12-10-27(11-13-28)19-4-2-3-5-20(19)29(32)33/h2-5,14-15,18H,6-13,16H2,1H3,(H,24,31). The summed E-state index contributed by atoms with van der Waals surface area (Å²) >= 11 is 0. The van der Waals surface area contributed by atoms with E-state index in [0.717, 1.165) is 25.9 Å². The summed E-state index contributed by atoms with van der Waals surface area (Å²) in [6.45, 7) is 4.08. The van der Waals surface area contributed by atoms with Crippen LogP contribution >= 0.6 is 0 Å². The number of hydrogen-bond donors (Lipinski definition) is 1. The van der Waals surface area contributed by atoms with E-state index in [1.54, 1.807) is 42.3 Å². The topological polar surface area (TPSA) is 117 Å². The largest absolute Gasteiger partial charge is 0.362 e. The second kappa shape index (κ2) is 9.99. The molecule has 2 aromatic rings. The second-order valence-electron chi connectivity index (χ2n) is 8.54. The Bertz CT molecular complexity index is 1010. The molecular weight excluding hydrogens is 426 g/mol. The van der Waals surface area contributed by atoms with Crippen LogP contribution in [0.5, 0.6) is 0 Å². The number of piperidine rings is 1. The van der Waals surface area contributed by atoms with Crippen molar-refractivity contribution < 1.29 is 14.5 Å². The molecular formula is C22H29N7O4. The van der Waals surface area contributed by atoms with Crippen molar-refractivity contribution in [3.05, 3.63) is 52.3 Å². The Morgan fingerprint density at radius 3 is 2.45 bits per heavy atom. The average Bonchev–Trinajstić information content (AvgIpc) is 3.27. The van der Waals surface area contributed by atoms with E-state index in [4.69, 9.17) is 0 Å². The fraction of sp³-hybridized carbons (Fsp3) is 0.500. The van der Waals surface area contributed by atoms with Crippen molar-refractivity contribution >= 4 is 23.2 Å². The minimum Gasteiger partial charge on any atom is -0.362 e. The quantitative estimate of drug-likeness (QED) is 0.507. The summed E-state index contributed by atoms with van der Waals surface area (Å²) in [6, 6.07) is 6.81. The van der Waals surface area contributed by atoms with Crippen LogP contribution in [0.25, 0.3) is 0 Å². The van der Waals surface area contributed by atoms with Gasteiger partial charge in [0.05, 0.1) is 23.2 Å². The normalized spacial score (nSPS) is 17.7. The Hall–Kier alpha value is -3.47. The minimum atomic E-state index is -0.365. The summed E-state index contributed by atoms with van der Waals surface area (Å²) in [5.41, 5.74) is 1.25. The first-order valence-corrected chi connectivity index (χ1v) is 11.2. The van der Waals surface area contributed by atoms with Crippen molar-refractivity contribution in [2.75, 3.05) is 50.7 Å². The van der Waals surface area contributed by atoms with Gasteiger partial charge in [0, 0.05) is 64.6 Å². The van der Waals surface area contributed by atoms with Crippen LogP contribution in [0.2, 0.25) is 0 Å². The molecule has 0 unspecified atom stereocenters. The number of aromatic nitrogens is 2. The third kappa shape index (κ3) is 5.48. The van der Waals surface area contributed by atoms with Gasteiger partial charge in [-0.05, 0) is 18.9 Å². The van der Waals surface area contributed by atoms with Gasteiger partial charge in [-0.25, -0.2) is 0 Å². The lowest BCUT2D eigenvalue weighted by molar-refractivity contribution is -0.384. The fourth-order valence-electron chi connectivity index (χ4n) is 4.42. The number of amides is 2. The van der Waals surface area contributed by atoms with Gasteiger partial charge in [-0.1, -0.05) is 12.1 Å². The first-order chi connectivity index (χ1) is 15.9. The first-order valence-electron chi connectivity index (χ1n) is 11.2. The number of aryl methyl sites for hydroxylation is 1. The highest BCUT2D eigenvalue weighted by molar-refractivity contribution is 5.93. The van der Waals surface area contributed by atoms with Gasteiger partial charge < -0.3 is 15.1 Å². The monoisotopic (exact) mass is 455 g/mol. The zero-order chi connectivity index (χ0) is 23.4. The zero-order valence-electron chi connectivity index (χ0n) is 18.7. The number of nitrogens with zero attached hydrogens (tertiary/aromatic N) is 6. The molecule has 1 aromatic heterocycles. The first kappa shape index (κ1) is 22.7. The van der Waals surface area contributed by atoms with Gasteiger partial charge in [-0.2, -0.15) is 5.10 Å². The molecule has 3 heterocycles. The predicted molar refractivity (Wildman–Crippen MR) is 122 cm³/mol. The van der Waals surface area contributed by atoms with Crippen LogP contribution in [0.4, 0.5) is 11.4 Å². The number of hydrogen-bond acceptors (Lipinski definition) is 7. The molecule has 0 radical (unpaired) electrons. The summed E-state index contributed by atoms with van der Waals surface area (Å²) in [4.78, 5) is 42.0. The number of benzene rings is 1. The van der Waals surface area contributed by atoms with Gasteiger partial charge in [0.2, 0.25) is 5.91 Å². The molecule has 11 nitrogen and oxygen atoms in total. The summed E-state index contributed by atoms with van der Waals surface area (Å²) in [6.07, 6.45) is 4.84. The van der Waals surface area contributed by atoms with E-state index in [1.165, 1.54) is 6.07 Å². The molecule has 2 amide bonds. The van der Waals surface area contributed by atoms with E-state index < -0.39 is 0 Å². The van der Waals surface area contributed by atoms with Crippen LogP contribution in [0.15, 0.2) is 36.7 Å². The predicted octanol–water partition coefficient (Wildman–Crippen LogP) is 0.871. The molecule has 0 atom stereocenters. The second-order valence-corrected chi connectivity index (χ2v) is 8.54. The average molecular weight is 456 g/mol. The van der Waals surface area contributed by atoms with Crippen molar-refractivity contribution in [3.8, 4) is 0 Å². The van der Waals surface area contributed by atoms with Gasteiger partial charge in [0.25, 0.3) is 11.6 Å². The molecule has 11 heteroatoms. The van der Waals surface area contributed by atoms with Gasteiger partial charge in [0.15, 0.2) is 0 Å². The molecule has 176 valence electrons. The number of piperazine rings is 1. The van der Waals surface area contributed by atoms with E-state index in [-0.39, 0.29) is 28.5 Å². The number of nitro groups is 1. The maximum absolute atomic E-state index is 12.8. The molecule has 0 bridgehead atoms. The van der Waals surface area contributed by atoms with Gasteiger partial charge in [-0.3, -0.25) is 29.3 Å². The molecule has 33 heavy (non-hydrogen) atoms. The summed E-state index contributed by atoms with van der Waals surface area (Å²) < 4.78 is 1.60. The van der Waals surface area contributed by atoms with E-state index in [9.17, 15) is 19.7 Å². The number of anilines is 1. The van der Waals surface area contributed by atoms with Crippen LogP contribution in [0.3, 0.4) is 0 Å². The Balaban J connectivity index is 1.21. The van der Waals surface area contributed by atoms with Crippen LogP contribution < -0.4 is 10.2 Å². The summed E-state index contributed by atoms with van der Waals surface area (Å²) in [7, 11) is 1.78. The number of rotatable bonds is 6. The molecule has 1 N–H and O–H groups in total. The minimum absolute atomic E-state index is 0.0788. The molecule has 2 saturated heterocycles.